The Kier molecular flexibility index (Phi) is 3.65. The van der Waals surface area contributed by atoms with Crippen LogP contribution in [0.2, 0.25) is 0 Å². The van der Waals surface area contributed by atoms with E-state index in [2.05, 4.69) is 5.32 Å². The second kappa shape index (κ2) is 4.77. The molecule has 0 aromatic heterocycles. The first-order chi connectivity index (χ1) is 6.65. The van der Waals surface area contributed by atoms with Crippen LogP contribution in [-0.2, 0) is 4.79 Å². The minimum Gasteiger partial charge on any atom is -0.426 e. The Morgan fingerprint density at radius 3 is 2.64 bits per heavy atom. The maximum absolute atomic E-state index is 10.8. The summed E-state index contributed by atoms with van der Waals surface area (Å²) in [4.78, 5) is 10.8. The van der Waals surface area contributed by atoms with Crippen molar-refractivity contribution in [3.63, 3.8) is 0 Å². The number of carbonyl (C=O) groups is 1. The summed E-state index contributed by atoms with van der Waals surface area (Å²) in [5.41, 5.74) is 0.991. The van der Waals surface area contributed by atoms with E-state index in [4.69, 9.17) is 4.74 Å². The van der Waals surface area contributed by atoms with Gasteiger partial charge in [0.15, 0.2) is 0 Å². The summed E-state index contributed by atoms with van der Waals surface area (Å²) in [5, 5.41) is 3.10. The van der Waals surface area contributed by atoms with Crippen LogP contribution in [0, 0.1) is 0 Å². The normalized spacial score (nSPS) is 12.2. The van der Waals surface area contributed by atoms with Gasteiger partial charge in [-0.1, -0.05) is 18.2 Å². The lowest BCUT2D eigenvalue weighted by atomic mass is 10.1. The predicted molar refractivity (Wildman–Crippen MR) is 55.2 cm³/mol. The topological polar surface area (TPSA) is 38.3 Å². The first-order valence-corrected chi connectivity index (χ1v) is 4.59. The zero-order chi connectivity index (χ0) is 10.6. The number of hydrogen-bond donors (Lipinski definition) is 1. The van der Waals surface area contributed by atoms with Crippen LogP contribution < -0.4 is 10.1 Å². The van der Waals surface area contributed by atoms with E-state index in [9.17, 15) is 4.79 Å². The van der Waals surface area contributed by atoms with E-state index in [-0.39, 0.29) is 12.0 Å². The quantitative estimate of drug-likeness (QED) is 0.588. The summed E-state index contributed by atoms with van der Waals surface area (Å²) in [6.45, 7) is 3.42. The average Bonchev–Trinajstić information content (AvgIpc) is 2.16. The Bertz CT molecular complexity index is 323. The molecule has 0 aliphatic carbocycles. The molecule has 1 N–H and O–H groups in total. The summed E-state index contributed by atoms with van der Waals surface area (Å²) >= 11 is 0. The van der Waals surface area contributed by atoms with Gasteiger partial charge in [-0.3, -0.25) is 4.79 Å². The molecule has 0 bridgehead atoms. The van der Waals surface area contributed by atoms with Gasteiger partial charge in [0.1, 0.15) is 5.75 Å². The molecular weight excluding hydrogens is 178 g/mol. The summed E-state index contributed by atoms with van der Waals surface area (Å²) in [6.07, 6.45) is 0. The van der Waals surface area contributed by atoms with Crippen molar-refractivity contribution in [3.05, 3.63) is 29.8 Å². The van der Waals surface area contributed by atoms with Gasteiger partial charge in [0.25, 0.3) is 0 Å². The van der Waals surface area contributed by atoms with Crippen LogP contribution in [0.5, 0.6) is 5.75 Å². The monoisotopic (exact) mass is 193 g/mol. The Hall–Kier alpha value is -1.35. The number of esters is 1. The lowest BCUT2D eigenvalue weighted by Gasteiger charge is -2.14. The van der Waals surface area contributed by atoms with Crippen molar-refractivity contribution in [3.8, 4) is 5.75 Å². The maximum atomic E-state index is 10.8. The maximum Gasteiger partial charge on any atom is 0.308 e. The molecule has 0 amide bonds. The predicted octanol–water partition coefficient (Wildman–Crippen LogP) is 1.89. The molecule has 14 heavy (non-hydrogen) atoms. The number of carbonyl (C=O) groups excluding carboxylic acids is 1. The first-order valence-electron chi connectivity index (χ1n) is 4.59. The second-order valence-corrected chi connectivity index (χ2v) is 3.14. The number of nitrogens with one attached hydrogen (secondary N) is 1. The van der Waals surface area contributed by atoms with Crippen LogP contribution in [-0.4, -0.2) is 13.0 Å². The molecule has 1 atom stereocenters. The van der Waals surface area contributed by atoms with Crippen molar-refractivity contribution < 1.29 is 9.53 Å². The molecule has 0 saturated heterocycles. The molecule has 3 nitrogen and oxygen atoms in total. The summed E-state index contributed by atoms with van der Waals surface area (Å²) in [7, 11) is 1.87. The molecule has 1 aromatic carbocycles. The van der Waals surface area contributed by atoms with Crippen LogP contribution in [0.15, 0.2) is 24.3 Å². The largest absolute Gasteiger partial charge is 0.426 e. The van der Waals surface area contributed by atoms with Crippen LogP contribution in [0.1, 0.15) is 25.5 Å². The lowest BCUT2D eigenvalue weighted by Crippen LogP contribution is -2.14. The van der Waals surface area contributed by atoms with Gasteiger partial charge in [-0.05, 0) is 20.0 Å². The van der Waals surface area contributed by atoms with Crippen LogP contribution in [0.4, 0.5) is 0 Å². The van der Waals surface area contributed by atoms with Crippen LogP contribution >= 0.6 is 0 Å². The van der Waals surface area contributed by atoms with Gasteiger partial charge in [-0.2, -0.15) is 0 Å². The number of rotatable bonds is 3. The molecule has 0 aliphatic rings. The third-order valence-electron chi connectivity index (χ3n) is 2.07. The van der Waals surface area contributed by atoms with Gasteiger partial charge in [-0.15, -0.1) is 0 Å². The molecule has 3 heteroatoms. The zero-order valence-electron chi connectivity index (χ0n) is 8.70. The Morgan fingerprint density at radius 1 is 1.43 bits per heavy atom. The lowest BCUT2D eigenvalue weighted by molar-refractivity contribution is -0.131. The van der Waals surface area contributed by atoms with E-state index in [1.54, 1.807) is 6.07 Å². The molecule has 0 unspecified atom stereocenters. The minimum atomic E-state index is -0.291. The second-order valence-electron chi connectivity index (χ2n) is 3.14. The van der Waals surface area contributed by atoms with Crippen LogP contribution in [0.25, 0.3) is 0 Å². The third-order valence-corrected chi connectivity index (χ3v) is 2.07. The van der Waals surface area contributed by atoms with E-state index in [0.717, 1.165) is 5.56 Å². The molecule has 0 fully saturated rings. The van der Waals surface area contributed by atoms with Gasteiger partial charge in [0.2, 0.25) is 0 Å². The number of benzene rings is 1. The standard InChI is InChI=1S/C11H15NO2/c1-8(12-3)10-6-4-5-7-11(10)14-9(2)13/h4-8,12H,1-3H3/t8-/m1/s1. The van der Waals surface area contributed by atoms with Crippen molar-refractivity contribution in [2.45, 2.75) is 19.9 Å². The van der Waals surface area contributed by atoms with E-state index in [1.807, 2.05) is 32.2 Å². The van der Waals surface area contributed by atoms with Gasteiger partial charge < -0.3 is 10.1 Å². The number of hydrogen-bond acceptors (Lipinski definition) is 3. The molecule has 76 valence electrons. The number of para-hydroxylation sites is 1. The molecule has 1 aromatic rings. The average molecular weight is 193 g/mol. The molecule has 0 saturated carbocycles. The van der Waals surface area contributed by atoms with E-state index in [0.29, 0.717) is 5.75 Å². The third kappa shape index (κ3) is 2.57. The Morgan fingerprint density at radius 2 is 2.07 bits per heavy atom. The number of ether oxygens (including phenoxy) is 1. The zero-order valence-corrected chi connectivity index (χ0v) is 8.70. The van der Waals surface area contributed by atoms with Crippen molar-refractivity contribution in [2.24, 2.45) is 0 Å². The summed E-state index contributed by atoms with van der Waals surface area (Å²) < 4.78 is 5.09. The minimum absolute atomic E-state index is 0.172. The van der Waals surface area contributed by atoms with Crippen molar-refractivity contribution >= 4 is 5.97 Å². The molecule has 1 rings (SSSR count). The van der Waals surface area contributed by atoms with Gasteiger partial charge in [-0.25, -0.2) is 0 Å². The molecule has 0 radical (unpaired) electrons. The highest BCUT2D eigenvalue weighted by atomic mass is 16.5. The molecule has 0 aliphatic heterocycles. The fraction of sp³-hybridized carbons (Fsp3) is 0.364. The van der Waals surface area contributed by atoms with E-state index in [1.165, 1.54) is 6.92 Å². The fourth-order valence-electron chi connectivity index (χ4n) is 1.24. The SMILES string of the molecule is CN[C@H](C)c1ccccc1OC(C)=O. The highest BCUT2D eigenvalue weighted by Crippen LogP contribution is 2.24. The fourth-order valence-corrected chi connectivity index (χ4v) is 1.24. The van der Waals surface area contributed by atoms with Gasteiger partial charge >= 0.3 is 5.97 Å². The Balaban J connectivity index is 2.96. The van der Waals surface area contributed by atoms with Crippen LogP contribution in [0.3, 0.4) is 0 Å². The molecular formula is C11H15NO2. The van der Waals surface area contributed by atoms with Gasteiger partial charge in [0.05, 0.1) is 0 Å². The van der Waals surface area contributed by atoms with E-state index >= 15 is 0 Å². The van der Waals surface area contributed by atoms with Crippen molar-refractivity contribution in [2.75, 3.05) is 7.05 Å². The molecule has 0 heterocycles. The summed E-state index contributed by atoms with van der Waals surface area (Å²) in [5.74, 6) is 0.336. The van der Waals surface area contributed by atoms with Crippen molar-refractivity contribution in [1.82, 2.24) is 5.32 Å². The first kappa shape index (κ1) is 10.7. The highest BCUT2D eigenvalue weighted by molar-refractivity contribution is 5.69. The van der Waals surface area contributed by atoms with Crippen molar-refractivity contribution in [1.29, 1.82) is 0 Å². The molecule has 0 spiro atoms. The highest BCUT2D eigenvalue weighted by Gasteiger charge is 2.10. The Labute approximate surface area is 84.1 Å². The smallest absolute Gasteiger partial charge is 0.308 e. The summed E-state index contributed by atoms with van der Waals surface area (Å²) in [6, 6.07) is 7.69. The van der Waals surface area contributed by atoms with E-state index < -0.39 is 0 Å². The van der Waals surface area contributed by atoms with Gasteiger partial charge in [0, 0.05) is 18.5 Å².